The maximum Gasteiger partial charge on any atom is 0.0989 e. The predicted molar refractivity (Wildman–Crippen MR) is 65.0 cm³/mol. The Labute approximate surface area is 104 Å². The van der Waals surface area contributed by atoms with E-state index in [9.17, 15) is 0 Å². The number of rotatable bonds is 9. The number of nitrogens with two attached hydrogens (primary N) is 1. The number of hydrogen-bond acceptors (Lipinski definition) is 5. The number of hydrogen-bond donors (Lipinski definition) is 1. The molecule has 1 aliphatic rings. The molecule has 5 heteroatoms. The molecule has 4 unspecified atom stereocenters. The lowest BCUT2D eigenvalue weighted by Gasteiger charge is -2.42. The molecule has 2 N–H and O–H groups in total. The Morgan fingerprint density at radius 2 is 2.12 bits per heavy atom. The van der Waals surface area contributed by atoms with Crippen LogP contribution in [0.5, 0.6) is 0 Å². The zero-order chi connectivity index (χ0) is 12.7. The van der Waals surface area contributed by atoms with Crippen LogP contribution in [0.4, 0.5) is 0 Å². The first-order chi connectivity index (χ1) is 8.19. The van der Waals surface area contributed by atoms with Crippen molar-refractivity contribution in [2.24, 2.45) is 5.73 Å². The largest absolute Gasteiger partial charge is 0.382 e. The van der Waals surface area contributed by atoms with Gasteiger partial charge in [0.1, 0.15) is 0 Å². The van der Waals surface area contributed by atoms with E-state index in [1.807, 2.05) is 13.8 Å². The summed E-state index contributed by atoms with van der Waals surface area (Å²) in [6, 6.07) is 0.0798. The maximum absolute atomic E-state index is 5.89. The van der Waals surface area contributed by atoms with Gasteiger partial charge in [0, 0.05) is 19.8 Å². The Morgan fingerprint density at radius 1 is 1.35 bits per heavy atom. The second kappa shape index (κ2) is 8.00. The van der Waals surface area contributed by atoms with E-state index in [1.165, 1.54) is 0 Å². The van der Waals surface area contributed by atoms with Crippen molar-refractivity contribution in [3.63, 3.8) is 0 Å². The van der Waals surface area contributed by atoms with Crippen LogP contribution in [0.1, 0.15) is 20.3 Å². The summed E-state index contributed by atoms with van der Waals surface area (Å²) in [6.45, 7) is 6.46. The maximum atomic E-state index is 5.89. The van der Waals surface area contributed by atoms with E-state index in [4.69, 9.17) is 24.7 Å². The van der Waals surface area contributed by atoms with Gasteiger partial charge >= 0.3 is 0 Å². The van der Waals surface area contributed by atoms with Crippen molar-refractivity contribution in [2.75, 3.05) is 33.5 Å². The molecule has 102 valence electrons. The summed E-state index contributed by atoms with van der Waals surface area (Å²) >= 11 is 0. The highest BCUT2D eigenvalue weighted by Gasteiger charge is 2.41. The number of ether oxygens (including phenoxy) is 4. The molecule has 17 heavy (non-hydrogen) atoms. The van der Waals surface area contributed by atoms with Crippen LogP contribution in [0.3, 0.4) is 0 Å². The van der Waals surface area contributed by atoms with Crippen LogP contribution in [-0.2, 0) is 18.9 Å². The quantitative estimate of drug-likeness (QED) is 0.603. The molecule has 0 aromatic heterocycles. The van der Waals surface area contributed by atoms with E-state index in [2.05, 4.69) is 0 Å². The Morgan fingerprint density at radius 3 is 2.71 bits per heavy atom. The summed E-state index contributed by atoms with van der Waals surface area (Å²) in [6.07, 6.45) is 1.03. The Kier molecular flexibility index (Phi) is 6.99. The summed E-state index contributed by atoms with van der Waals surface area (Å²) in [7, 11) is 1.65. The highest BCUT2D eigenvalue weighted by atomic mass is 16.6. The summed E-state index contributed by atoms with van der Waals surface area (Å²) in [5.74, 6) is 0. The zero-order valence-electron chi connectivity index (χ0n) is 11.1. The summed E-state index contributed by atoms with van der Waals surface area (Å²) < 4.78 is 21.7. The molecule has 0 amide bonds. The van der Waals surface area contributed by atoms with E-state index >= 15 is 0 Å². The van der Waals surface area contributed by atoms with E-state index in [0.717, 1.165) is 6.42 Å². The molecule has 0 saturated heterocycles. The molecule has 0 heterocycles. The Bertz CT molecular complexity index is 203. The molecule has 0 spiro atoms. The second-order valence-electron chi connectivity index (χ2n) is 4.37. The van der Waals surface area contributed by atoms with Crippen molar-refractivity contribution < 1.29 is 18.9 Å². The lowest BCUT2D eigenvalue weighted by atomic mass is 9.86. The predicted octanol–water partition coefficient (Wildman–Crippen LogP) is 0.559. The highest BCUT2D eigenvalue weighted by molar-refractivity contribution is 4.95. The van der Waals surface area contributed by atoms with Crippen molar-refractivity contribution in [1.29, 1.82) is 0 Å². The average molecular weight is 247 g/mol. The van der Waals surface area contributed by atoms with E-state index in [-0.39, 0.29) is 24.4 Å². The molecule has 4 atom stereocenters. The van der Waals surface area contributed by atoms with Gasteiger partial charge in [-0.2, -0.15) is 0 Å². The highest BCUT2D eigenvalue weighted by Crippen LogP contribution is 2.26. The third-order valence-corrected chi connectivity index (χ3v) is 2.85. The molecule has 0 bridgehead atoms. The van der Waals surface area contributed by atoms with E-state index in [1.54, 1.807) is 7.11 Å². The molecule has 0 aliphatic heterocycles. The third kappa shape index (κ3) is 4.89. The fourth-order valence-corrected chi connectivity index (χ4v) is 1.87. The molecule has 1 fully saturated rings. The first kappa shape index (κ1) is 14.9. The van der Waals surface area contributed by atoms with Crippen molar-refractivity contribution in [3.8, 4) is 0 Å². The molecule has 5 nitrogen and oxygen atoms in total. The summed E-state index contributed by atoms with van der Waals surface area (Å²) in [4.78, 5) is 0. The van der Waals surface area contributed by atoms with Crippen molar-refractivity contribution in [3.05, 3.63) is 0 Å². The van der Waals surface area contributed by atoms with Crippen LogP contribution in [-0.4, -0.2) is 57.9 Å². The molecular weight excluding hydrogens is 222 g/mol. The standard InChI is InChI=1S/C12H25NO4/c1-4-15-8-9(2)17-11-7-10(13)12(11)16-6-5-14-3/h9-12H,4-8,13H2,1-3H3. The molecule has 0 aromatic carbocycles. The minimum atomic E-state index is -0.00535. The molecule has 1 rings (SSSR count). The van der Waals surface area contributed by atoms with Crippen LogP contribution < -0.4 is 5.73 Å². The van der Waals surface area contributed by atoms with E-state index < -0.39 is 0 Å². The normalized spacial score (nSPS) is 30.0. The second-order valence-corrected chi connectivity index (χ2v) is 4.37. The fourth-order valence-electron chi connectivity index (χ4n) is 1.87. The lowest BCUT2D eigenvalue weighted by Crippen LogP contribution is -2.59. The van der Waals surface area contributed by atoms with Crippen LogP contribution in [0.2, 0.25) is 0 Å². The van der Waals surface area contributed by atoms with Gasteiger partial charge in [-0.25, -0.2) is 0 Å². The van der Waals surface area contributed by atoms with Crippen LogP contribution in [0.15, 0.2) is 0 Å². The average Bonchev–Trinajstić information content (AvgIpc) is 2.31. The fraction of sp³-hybridized carbons (Fsp3) is 1.00. The first-order valence-corrected chi connectivity index (χ1v) is 6.28. The zero-order valence-corrected chi connectivity index (χ0v) is 11.1. The van der Waals surface area contributed by atoms with Crippen LogP contribution in [0, 0.1) is 0 Å². The van der Waals surface area contributed by atoms with Gasteiger partial charge in [0.15, 0.2) is 0 Å². The van der Waals surface area contributed by atoms with Gasteiger partial charge < -0.3 is 24.7 Å². The van der Waals surface area contributed by atoms with Crippen molar-refractivity contribution >= 4 is 0 Å². The Hall–Kier alpha value is -0.200. The van der Waals surface area contributed by atoms with Gasteiger partial charge in [-0.3, -0.25) is 0 Å². The molecule has 1 saturated carbocycles. The van der Waals surface area contributed by atoms with Gasteiger partial charge in [-0.05, 0) is 20.3 Å². The van der Waals surface area contributed by atoms with Gasteiger partial charge in [0.25, 0.3) is 0 Å². The van der Waals surface area contributed by atoms with E-state index in [0.29, 0.717) is 26.4 Å². The Balaban J connectivity index is 2.19. The minimum absolute atomic E-state index is 0.00535. The SMILES string of the molecule is CCOCC(C)OC1CC(N)C1OCCOC. The topological polar surface area (TPSA) is 62.9 Å². The van der Waals surface area contributed by atoms with Crippen LogP contribution in [0.25, 0.3) is 0 Å². The van der Waals surface area contributed by atoms with Crippen LogP contribution >= 0.6 is 0 Å². The van der Waals surface area contributed by atoms with Gasteiger partial charge in [-0.1, -0.05) is 0 Å². The summed E-state index contributed by atoms with van der Waals surface area (Å²) in [5.41, 5.74) is 5.89. The number of methoxy groups -OCH3 is 1. The van der Waals surface area contributed by atoms with Crippen molar-refractivity contribution in [1.82, 2.24) is 0 Å². The first-order valence-electron chi connectivity index (χ1n) is 6.28. The molecule has 0 aromatic rings. The van der Waals surface area contributed by atoms with Crippen molar-refractivity contribution in [2.45, 2.75) is 44.6 Å². The smallest absolute Gasteiger partial charge is 0.0989 e. The minimum Gasteiger partial charge on any atom is -0.382 e. The lowest BCUT2D eigenvalue weighted by molar-refractivity contribution is -0.170. The monoisotopic (exact) mass is 247 g/mol. The molecule has 1 aliphatic carbocycles. The van der Waals surface area contributed by atoms with Gasteiger partial charge in [0.2, 0.25) is 0 Å². The molecule has 0 radical (unpaired) electrons. The third-order valence-electron chi connectivity index (χ3n) is 2.85. The van der Waals surface area contributed by atoms with Gasteiger partial charge in [0.05, 0.1) is 38.1 Å². The van der Waals surface area contributed by atoms with Gasteiger partial charge in [-0.15, -0.1) is 0 Å². The summed E-state index contributed by atoms with van der Waals surface area (Å²) in [5, 5.41) is 0. The molecular formula is C12H25NO4.